The fourth-order valence-corrected chi connectivity index (χ4v) is 2.28. The molecule has 2 N–H and O–H groups in total. The molecule has 0 bridgehead atoms. The Kier molecular flexibility index (Phi) is 3.84. The van der Waals surface area contributed by atoms with Gasteiger partial charge in [-0.25, -0.2) is 9.97 Å². The number of nitrogens with zero attached hydrogens (tertiary/aromatic N) is 2. The van der Waals surface area contributed by atoms with E-state index in [2.05, 4.69) is 15.3 Å². The Morgan fingerprint density at radius 1 is 1.12 bits per heavy atom. The van der Waals surface area contributed by atoms with Crippen LogP contribution in [0.25, 0.3) is 0 Å². The van der Waals surface area contributed by atoms with Crippen LogP contribution in [0.15, 0.2) is 6.07 Å². The van der Waals surface area contributed by atoms with E-state index in [0.717, 1.165) is 25.7 Å². The van der Waals surface area contributed by atoms with E-state index in [1.54, 1.807) is 0 Å². The molecule has 1 aromatic rings. The van der Waals surface area contributed by atoms with E-state index < -0.39 is 0 Å². The van der Waals surface area contributed by atoms with Gasteiger partial charge >= 0.3 is 0 Å². The van der Waals surface area contributed by atoms with Gasteiger partial charge in [0.2, 0.25) is 5.95 Å². The van der Waals surface area contributed by atoms with Crippen molar-refractivity contribution in [3.63, 3.8) is 0 Å². The minimum atomic E-state index is -0.165. The van der Waals surface area contributed by atoms with Gasteiger partial charge in [-0.15, -0.1) is 0 Å². The summed E-state index contributed by atoms with van der Waals surface area (Å²) in [4.78, 5) is 8.09. The highest BCUT2D eigenvalue weighted by molar-refractivity contribution is 6.33. The van der Waals surface area contributed by atoms with Crippen molar-refractivity contribution in [1.82, 2.24) is 9.97 Å². The predicted molar refractivity (Wildman–Crippen MR) is 63.9 cm³/mol. The quantitative estimate of drug-likeness (QED) is 0.804. The molecule has 6 heteroatoms. The fourth-order valence-electron chi connectivity index (χ4n) is 1.86. The van der Waals surface area contributed by atoms with Gasteiger partial charge < -0.3 is 10.4 Å². The van der Waals surface area contributed by atoms with Crippen LogP contribution in [0.2, 0.25) is 10.3 Å². The molecule has 0 aliphatic heterocycles. The van der Waals surface area contributed by atoms with E-state index in [0.29, 0.717) is 16.3 Å². The predicted octanol–water partition coefficient (Wildman–Crippen LogP) is 2.50. The van der Waals surface area contributed by atoms with Crippen LogP contribution in [-0.4, -0.2) is 27.2 Å². The summed E-state index contributed by atoms with van der Waals surface area (Å²) < 4.78 is 0. The Hall–Kier alpha value is -0.580. The molecular weight excluding hydrogens is 249 g/mol. The molecule has 16 heavy (non-hydrogen) atoms. The zero-order valence-electron chi connectivity index (χ0n) is 8.66. The number of halogens is 2. The molecule has 1 fully saturated rings. The number of hydrogen-bond donors (Lipinski definition) is 2. The number of anilines is 1. The minimum Gasteiger partial charge on any atom is -0.393 e. The minimum absolute atomic E-state index is 0.165. The largest absolute Gasteiger partial charge is 0.393 e. The number of aromatic nitrogens is 2. The van der Waals surface area contributed by atoms with Crippen molar-refractivity contribution in [1.29, 1.82) is 0 Å². The summed E-state index contributed by atoms with van der Waals surface area (Å²) in [6.07, 6.45) is 3.28. The van der Waals surface area contributed by atoms with E-state index in [-0.39, 0.29) is 12.1 Å². The van der Waals surface area contributed by atoms with Crippen molar-refractivity contribution in [2.24, 2.45) is 0 Å². The van der Waals surface area contributed by atoms with Crippen LogP contribution >= 0.6 is 23.2 Å². The Morgan fingerprint density at radius 3 is 2.25 bits per heavy atom. The van der Waals surface area contributed by atoms with Crippen LogP contribution in [0.1, 0.15) is 25.7 Å². The van der Waals surface area contributed by atoms with Crippen molar-refractivity contribution in [2.75, 3.05) is 5.32 Å². The third kappa shape index (κ3) is 3.20. The Bertz CT molecular complexity index is 347. The second-order valence-corrected chi connectivity index (χ2v) is 4.76. The summed E-state index contributed by atoms with van der Waals surface area (Å²) in [5, 5.41) is 13.2. The van der Waals surface area contributed by atoms with E-state index in [1.807, 2.05) is 0 Å². The number of aliphatic hydroxyl groups excluding tert-OH is 1. The lowest BCUT2D eigenvalue weighted by atomic mass is 9.93. The average molecular weight is 262 g/mol. The highest BCUT2D eigenvalue weighted by atomic mass is 35.5. The topological polar surface area (TPSA) is 58.0 Å². The van der Waals surface area contributed by atoms with Gasteiger partial charge in [0.25, 0.3) is 0 Å². The number of aliphatic hydroxyl groups is 1. The second kappa shape index (κ2) is 5.17. The van der Waals surface area contributed by atoms with Gasteiger partial charge in [0.05, 0.1) is 6.10 Å². The van der Waals surface area contributed by atoms with Gasteiger partial charge in [0.15, 0.2) is 0 Å². The van der Waals surface area contributed by atoms with Crippen molar-refractivity contribution in [3.05, 3.63) is 16.4 Å². The summed E-state index contributed by atoms with van der Waals surface area (Å²) in [6.45, 7) is 0. The molecule has 0 radical (unpaired) electrons. The molecule has 0 amide bonds. The number of hydrogen-bond acceptors (Lipinski definition) is 4. The van der Waals surface area contributed by atoms with E-state index in [9.17, 15) is 5.11 Å². The zero-order valence-corrected chi connectivity index (χ0v) is 10.2. The molecule has 1 heterocycles. The van der Waals surface area contributed by atoms with Crippen molar-refractivity contribution in [3.8, 4) is 0 Å². The van der Waals surface area contributed by atoms with Gasteiger partial charge in [0, 0.05) is 12.1 Å². The van der Waals surface area contributed by atoms with Crippen molar-refractivity contribution in [2.45, 2.75) is 37.8 Å². The first-order chi connectivity index (χ1) is 7.63. The molecule has 0 saturated heterocycles. The molecule has 0 unspecified atom stereocenters. The van der Waals surface area contributed by atoms with Crippen LogP contribution in [0.4, 0.5) is 5.95 Å². The Balaban J connectivity index is 1.98. The summed E-state index contributed by atoms with van der Waals surface area (Å²) >= 11 is 11.6. The molecule has 4 nitrogen and oxygen atoms in total. The maximum absolute atomic E-state index is 9.38. The van der Waals surface area contributed by atoms with Crippen LogP contribution in [-0.2, 0) is 0 Å². The molecule has 88 valence electrons. The third-order valence-corrected chi connectivity index (χ3v) is 3.08. The van der Waals surface area contributed by atoms with Crippen LogP contribution < -0.4 is 5.32 Å². The first-order valence-electron chi connectivity index (χ1n) is 5.28. The molecular formula is C10H13Cl2N3O. The molecule has 2 rings (SSSR count). The van der Waals surface area contributed by atoms with Gasteiger partial charge in [-0.1, -0.05) is 23.2 Å². The first kappa shape index (κ1) is 11.9. The van der Waals surface area contributed by atoms with E-state index in [1.165, 1.54) is 6.07 Å². The van der Waals surface area contributed by atoms with E-state index >= 15 is 0 Å². The van der Waals surface area contributed by atoms with Gasteiger partial charge in [-0.05, 0) is 25.7 Å². The lowest BCUT2D eigenvalue weighted by Gasteiger charge is -2.26. The Labute approximate surface area is 104 Å². The lowest BCUT2D eigenvalue weighted by Crippen LogP contribution is -2.28. The monoisotopic (exact) mass is 261 g/mol. The molecule has 0 aromatic carbocycles. The second-order valence-electron chi connectivity index (χ2n) is 3.99. The SMILES string of the molecule is OC1CCC(Nc2nc(Cl)cc(Cl)n2)CC1. The van der Waals surface area contributed by atoms with E-state index in [4.69, 9.17) is 23.2 Å². The van der Waals surface area contributed by atoms with Gasteiger partial charge in [0.1, 0.15) is 10.3 Å². The normalized spacial score (nSPS) is 25.4. The standard InChI is InChI=1S/C10H13Cl2N3O/c11-8-5-9(12)15-10(14-8)13-6-1-3-7(16)4-2-6/h5-7,16H,1-4H2,(H,13,14,15). The molecule has 0 atom stereocenters. The number of nitrogens with one attached hydrogen (secondary N) is 1. The van der Waals surface area contributed by atoms with Crippen LogP contribution in [0.5, 0.6) is 0 Å². The van der Waals surface area contributed by atoms with Crippen molar-refractivity contribution >= 4 is 29.2 Å². The average Bonchev–Trinajstić information content (AvgIpc) is 2.20. The maximum atomic E-state index is 9.38. The third-order valence-electron chi connectivity index (χ3n) is 2.69. The maximum Gasteiger partial charge on any atom is 0.225 e. The highest BCUT2D eigenvalue weighted by Crippen LogP contribution is 2.22. The van der Waals surface area contributed by atoms with Crippen LogP contribution in [0.3, 0.4) is 0 Å². The highest BCUT2D eigenvalue weighted by Gasteiger charge is 2.19. The zero-order chi connectivity index (χ0) is 11.5. The molecule has 1 aliphatic rings. The first-order valence-corrected chi connectivity index (χ1v) is 6.04. The molecule has 1 aliphatic carbocycles. The fraction of sp³-hybridized carbons (Fsp3) is 0.600. The molecule has 1 saturated carbocycles. The molecule has 0 spiro atoms. The number of rotatable bonds is 2. The van der Waals surface area contributed by atoms with Gasteiger partial charge in [-0.2, -0.15) is 0 Å². The summed E-state index contributed by atoms with van der Waals surface area (Å²) in [6, 6.07) is 1.79. The molecule has 1 aromatic heterocycles. The van der Waals surface area contributed by atoms with Crippen LogP contribution in [0, 0.1) is 0 Å². The summed E-state index contributed by atoms with van der Waals surface area (Å²) in [5.41, 5.74) is 0. The van der Waals surface area contributed by atoms with Crippen molar-refractivity contribution < 1.29 is 5.11 Å². The summed E-state index contributed by atoms with van der Waals surface area (Å²) in [5.74, 6) is 0.457. The van der Waals surface area contributed by atoms with Gasteiger partial charge in [-0.3, -0.25) is 0 Å². The Morgan fingerprint density at radius 2 is 1.69 bits per heavy atom. The smallest absolute Gasteiger partial charge is 0.225 e. The lowest BCUT2D eigenvalue weighted by molar-refractivity contribution is 0.126. The summed E-state index contributed by atoms with van der Waals surface area (Å²) in [7, 11) is 0.